The van der Waals surface area contributed by atoms with E-state index in [1.54, 1.807) is 7.11 Å². The highest BCUT2D eigenvalue weighted by Gasteiger charge is 2.15. The number of anilines is 1. The van der Waals surface area contributed by atoms with E-state index < -0.39 is 0 Å². The Bertz CT molecular complexity index is 1060. The van der Waals surface area contributed by atoms with Crippen LogP contribution in [-0.4, -0.2) is 33.5 Å². The van der Waals surface area contributed by atoms with E-state index in [2.05, 4.69) is 15.5 Å². The van der Waals surface area contributed by atoms with Crippen LogP contribution in [0.2, 0.25) is 0 Å². The Morgan fingerprint density at radius 2 is 1.94 bits per heavy atom. The summed E-state index contributed by atoms with van der Waals surface area (Å²) < 4.78 is 13.3. The quantitative estimate of drug-likeness (QED) is 0.492. The van der Waals surface area contributed by atoms with E-state index in [1.807, 2.05) is 68.7 Å². The summed E-state index contributed by atoms with van der Waals surface area (Å²) in [6.45, 7) is 8.98. The second kappa shape index (κ2) is 10.3. The summed E-state index contributed by atoms with van der Waals surface area (Å²) in [5.41, 5.74) is 4.15. The summed E-state index contributed by atoms with van der Waals surface area (Å²) in [6, 6.07) is 11.7. The maximum absolute atomic E-state index is 12.4. The molecular formula is C23H28N4O3S. The number of carbonyl (C=O) groups is 1. The lowest BCUT2D eigenvalue weighted by molar-refractivity contribution is -0.113. The smallest absolute Gasteiger partial charge is 0.234 e. The zero-order valence-electron chi connectivity index (χ0n) is 18.6. The van der Waals surface area contributed by atoms with Gasteiger partial charge in [0.25, 0.3) is 0 Å². The number of rotatable bonds is 9. The van der Waals surface area contributed by atoms with Crippen molar-refractivity contribution in [1.29, 1.82) is 0 Å². The average Bonchev–Trinajstić information content (AvgIpc) is 3.16. The number of amides is 1. The molecule has 0 bridgehead atoms. The van der Waals surface area contributed by atoms with Crippen LogP contribution in [0.25, 0.3) is 0 Å². The van der Waals surface area contributed by atoms with Crippen molar-refractivity contribution >= 4 is 23.4 Å². The standard InChI is InChI=1S/C23H28N4O3S/c1-6-27-21(13-30-19-11-10-15(2)12-20(19)29-5)25-26-23(27)31-14-22(28)24-18-9-7-8-16(3)17(18)4/h7-12H,6,13-14H2,1-5H3,(H,24,28). The number of thioether (sulfide) groups is 1. The second-order valence-electron chi connectivity index (χ2n) is 7.17. The number of carbonyl (C=O) groups excluding carboxylic acids is 1. The molecular weight excluding hydrogens is 412 g/mol. The zero-order chi connectivity index (χ0) is 22.4. The summed E-state index contributed by atoms with van der Waals surface area (Å²) in [6.07, 6.45) is 0. The van der Waals surface area contributed by atoms with Crippen molar-refractivity contribution < 1.29 is 14.3 Å². The van der Waals surface area contributed by atoms with Crippen LogP contribution in [0.15, 0.2) is 41.6 Å². The van der Waals surface area contributed by atoms with Gasteiger partial charge < -0.3 is 19.4 Å². The van der Waals surface area contributed by atoms with E-state index in [0.717, 1.165) is 22.4 Å². The Labute approximate surface area is 187 Å². The first kappa shape index (κ1) is 22.7. The third-order valence-electron chi connectivity index (χ3n) is 5.00. The summed E-state index contributed by atoms with van der Waals surface area (Å²) in [5.74, 6) is 2.20. The summed E-state index contributed by atoms with van der Waals surface area (Å²) in [7, 11) is 1.62. The number of methoxy groups -OCH3 is 1. The van der Waals surface area contributed by atoms with Crippen molar-refractivity contribution in [1.82, 2.24) is 14.8 Å². The van der Waals surface area contributed by atoms with Crippen molar-refractivity contribution in [3.05, 3.63) is 58.9 Å². The van der Waals surface area contributed by atoms with Gasteiger partial charge in [0.15, 0.2) is 22.5 Å². The minimum Gasteiger partial charge on any atom is -0.493 e. The first-order valence-corrected chi connectivity index (χ1v) is 11.1. The number of ether oxygens (including phenoxy) is 2. The molecule has 1 amide bonds. The van der Waals surface area contributed by atoms with E-state index >= 15 is 0 Å². The lowest BCUT2D eigenvalue weighted by Gasteiger charge is -2.12. The highest BCUT2D eigenvalue weighted by atomic mass is 32.2. The topological polar surface area (TPSA) is 78.3 Å². The van der Waals surface area contributed by atoms with Gasteiger partial charge in [-0.25, -0.2) is 0 Å². The number of hydrogen-bond donors (Lipinski definition) is 1. The average molecular weight is 441 g/mol. The molecule has 0 aliphatic carbocycles. The molecule has 164 valence electrons. The van der Waals surface area contributed by atoms with Crippen molar-refractivity contribution in [2.75, 3.05) is 18.2 Å². The summed E-state index contributed by atoms with van der Waals surface area (Å²) in [5, 5.41) is 12.2. The Balaban J connectivity index is 1.62. The van der Waals surface area contributed by atoms with Crippen LogP contribution >= 0.6 is 11.8 Å². The number of aryl methyl sites for hydroxylation is 2. The molecule has 0 aliphatic heterocycles. The molecule has 0 aliphatic rings. The largest absolute Gasteiger partial charge is 0.493 e. The molecule has 2 aromatic carbocycles. The molecule has 0 spiro atoms. The van der Waals surface area contributed by atoms with Gasteiger partial charge in [-0.3, -0.25) is 4.79 Å². The van der Waals surface area contributed by atoms with Crippen LogP contribution in [0.4, 0.5) is 5.69 Å². The Morgan fingerprint density at radius 3 is 2.68 bits per heavy atom. The molecule has 0 radical (unpaired) electrons. The fraction of sp³-hybridized carbons (Fsp3) is 0.348. The van der Waals surface area contributed by atoms with Gasteiger partial charge in [0.1, 0.15) is 6.61 Å². The van der Waals surface area contributed by atoms with Crippen LogP contribution in [0, 0.1) is 20.8 Å². The highest BCUT2D eigenvalue weighted by Crippen LogP contribution is 2.29. The van der Waals surface area contributed by atoms with Crippen molar-refractivity contribution in [3.63, 3.8) is 0 Å². The molecule has 0 unspecified atom stereocenters. The molecule has 8 heteroatoms. The Hall–Kier alpha value is -3.00. The molecule has 1 N–H and O–H groups in total. The third kappa shape index (κ3) is 5.58. The molecule has 3 rings (SSSR count). The van der Waals surface area contributed by atoms with Gasteiger partial charge in [0, 0.05) is 12.2 Å². The molecule has 7 nitrogen and oxygen atoms in total. The highest BCUT2D eigenvalue weighted by molar-refractivity contribution is 7.99. The van der Waals surface area contributed by atoms with Crippen LogP contribution in [0.5, 0.6) is 11.5 Å². The Kier molecular flexibility index (Phi) is 7.57. The van der Waals surface area contributed by atoms with Gasteiger partial charge in [-0.05, 0) is 62.6 Å². The first-order valence-electron chi connectivity index (χ1n) is 10.1. The third-order valence-corrected chi connectivity index (χ3v) is 5.96. The number of aromatic nitrogens is 3. The lowest BCUT2D eigenvalue weighted by atomic mass is 10.1. The summed E-state index contributed by atoms with van der Waals surface area (Å²) in [4.78, 5) is 12.4. The van der Waals surface area contributed by atoms with E-state index in [0.29, 0.717) is 29.0 Å². The minimum atomic E-state index is -0.0773. The summed E-state index contributed by atoms with van der Waals surface area (Å²) >= 11 is 1.36. The van der Waals surface area contributed by atoms with E-state index in [9.17, 15) is 4.79 Å². The van der Waals surface area contributed by atoms with Gasteiger partial charge >= 0.3 is 0 Å². The number of nitrogens with one attached hydrogen (secondary N) is 1. The maximum Gasteiger partial charge on any atom is 0.234 e. The van der Waals surface area contributed by atoms with Gasteiger partial charge in [-0.2, -0.15) is 0 Å². The SMILES string of the molecule is CCn1c(COc2ccc(C)cc2OC)nnc1SCC(=O)Nc1cccc(C)c1C. The van der Waals surface area contributed by atoms with Crippen molar-refractivity contribution in [3.8, 4) is 11.5 Å². The Morgan fingerprint density at radius 1 is 1.13 bits per heavy atom. The van der Waals surface area contributed by atoms with Gasteiger partial charge in [-0.15, -0.1) is 10.2 Å². The maximum atomic E-state index is 12.4. The molecule has 0 saturated heterocycles. The number of hydrogen-bond acceptors (Lipinski definition) is 6. The van der Waals surface area contributed by atoms with Crippen molar-refractivity contribution in [2.24, 2.45) is 0 Å². The van der Waals surface area contributed by atoms with Gasteiger partial charge in [0.2, 0.25) is 5.91 Å². The monoisotopic (exact) mass is 440 g/mol. The number of nitrogens with zero attached hydrogens (tertiary/aromatic N) is 3. The minimum absolute atomic E-state index is 0.0773. The molecule has 3 aromatic rings. The van der Waals surface area contributed by atoms with Crippen LogP contribution in [-0.2, 0) is 17.9 Å². The lowest BCUT2D eigenvalue weighted by Crippen LogP contribution is -2.16. The van der Waals surface area contributed by atoms with E-state index in [4.69, 9.17) is 9.47 Å². The predicted molar refractivity (Wildman–Crippen MR) is 123 cm³/mol. The molecule has 0 atom stereocenters. The molecule has 31 heavy (non-hydrogen) atoms. The molecule has 0 saturated carbocycles. The fourth-order valence-corrected chi connectivity index (χ4v) is 3.91. The number of benzene rings is 2. The van der Waals surface area contributed by atoms with Crippen LogP contribution in [0.1, 0.15) is 29.4 Å². The van der Waals surface area contributed by atoms with Gasteiger partial charge in [0.05, 0.1) is 12.9 Å². The van der Waals surface area contributed by atoms with E-state index in [-0.39, 0.29) is 18.3 Å². The van der Waals surface area contributed by atoms with Crippen LogP contribution in [0.3, 0.4) is 0 Å². The normalized spacial score (nSPS) is 10.7. The first-order chi connectivity index (χ1) is 14.9. The van der Waals surface area contributed by atoms with E-state index in [1.165, 1.54) is 11.8 Å². The molecule has 0 fully saturated rings. The van der Waals surface area contributed by atoms with Crippen LogP contribution < -0.4 is 14.8 Å². The van der Waals surface area contributed by atoms with Gasteiger partial charge in [-0.1, -0.05) is 30.0 Å². The fourth-order valence-electron chi connectivity index (χ4n) is 3.09. The molecule has 1 aromatic heterocycles. The predicted octanol–water partition coefficient (Wildman–Crippen LogP) is 4.54. The second-order valence-corrected chi connectivity index (χ2v) is 8.11. The molecule has 1 heterocycles. The zero-order valence-corrected chi connectivity index (χ0v) is 19.4. The van der Waals surface area contributed by atoms with Crippen molar-refractivity contribution in [2.45, 2.75) is 46.0 Å².